The molecule has 14 heavy (non-hydrogen) atoms. The van der Waals surface area contributed by atoms with Gasteiger partial charge < -0.3 is 9.52 Å². The maximum Gasteiger partial charge on any atom is 0.191 e. The molecule has 0 aliphatic heterocycles. The molecule has 4 heteroatoms. The minimum atomic E-state index is -0.669. The number of aromatic nitrogens is 1. The van der Waals surface area contributed by atoms with Gasteiger partial charge in [0, 0.05) is 11.8 Å². The SMILES string of the molecule is Cc1nc(C(O)c2csc(C)c2)co1. The Balaban J connectivity index is 2.28. The predicted octanol–water partition coefficient (Wildman–Crippen LogP) is 2.43. The molecule has 0 saturated carbocycles. The molecular formula is C10H11NO2S. The summed E-state index contributed by atoms with van der Waals surface area (Å²) in [5.41, 5.74) is 1.45. The zero-order valence-corrected chi connectivity index (χ0v) is 8.84. The summed E-state index contributed by atoms with van der Waals surface area (Å²) in [7, 11) is 0. The van der Waals surface area contributed by atoms with Gasteiger partial charge in [-0.3, -0.25) is 0 Å². The fourth-order valence-corrected chi connectivity index (χ4v) is 2.01. The predicted molar refractivity (Wildman–Crippen MR) is 54.4 cm³/mol. The molecule has 0 aromatic carbocycles. The van der Waals surface area contributed by atoms with Crippen molar-refractivity contribution < 1.29 is 9.52 Å². The van der Waals surface area contributed by atoms with Crippen LogP contribution in [0.25, 0.3) is 0 Å². The quantitative estimate of drug-likeness (QED) is 0.826. The van der Waals surface area contributed by atoms with Crippen LogP contribution < -0.4 is 0 Å². The van der Waals surface area contributed by atoms with E-state index in [9.17, 15) is 5.11 Å². The topological polar surface area (TPSA) is 46.3 Å². The number of nitrogens with zero attached hydrogens (tertiary/aromatic N) is 1. The van der Waals surface area contributed by atoms with Crippen LogP contribution in [-0.4, -0.2) is 10.1 Å². The first kappa shape index (κ1) is 9.43. The first-order valence-corrected chi connectivity index (χ1v) is 5.20. The third-order valence-corrected chi connectivity index (χ3v) is 2.86. The van der Waals surface area contributed by atoms with Crippen molar-refractivity contribution in [2.75, 3.05) is 0 Å². The molecule has 0 spiro atoms. The van der Waals surface area contributed by atoms with Gasteiger partial charge in [0.25, 0.3) is 0 Å². The molecule has 2 heterocycles. The van der Waals surface area contributed by atoms with Crippen molar-refractivity contribution in [1.29, 1.82) is 0 Å². The summed E-state index contributed by atoms with van der Waals surface area (Å²) in [4.78, 5) is 5.26. The second-order valence-corrected chi connectivity index (χ2v) is 4.30. The van der Waals surface area contributed by atoms with Crippen molar-refractivity contribution in [3.63, 3.8) is 0 Å². The van der Waals surface area contributed by atoms with Crippen LogP contribution >= 0.6 is 11.3 Å². The molecule has 0 aliphatic rings. The van der Waals surface area contributed by atoms with Gasteiger partial charge in [-0.15, -0.1) is 11.3 Å². The van der Waals surface area contributed by atoms with E-state index in [1.807, 2.05) is 18.4 Å². The Morgan fingerprint density at radius 1 is 1.50 bits per heavy atom. The third kappa shape index (κ3) is 1.71. The van der Waals surface area contributed by atoms with E-state index in [2.05, 4.69) is 4.98 Å². The van der Waals surface area contributed by atoms with Crippen molar-refractivity contribution in [2.45, 2.75) is 20.0 Å². The summed E-state index contributed by atoms with van der Waals surface area (Å²) in [5.74, 6) is 0.575. The summed E-state index contributed by atoms with van der Waals surface area (Å²) in [6.45, 7) is 3.77. The molecule has 74 valence electrons. The molecule has 0 radical (unpaired) electrons. The zero-order chi connectivity index (χ0) is 10.1. The molecule has 3 nitrogen and oxygen atoms in total. The molecule has 0 saturated heterocycles. The van der Waals surface area contributed by atoms with Crippen LogP contribution in [0.15, 0.2) is 22.1 Å². The Hall–Kier alpha value is -1.13. The average molecular weight is 209 g/mol. The van der Waals surface area contributed by atoms with Crippen molar-refractivity contribution >= 4 is 11.3 Å². The molecule has 0 fully saturated rings. The molecule has 2 aromatic heterocycles. The lowest BCUT2D eigenvalue weighted by molar-refractivity contribution is 0.215. The molecule has 1 unspecified atom stereocenters. The number of aliphatic hydroxyl groups is 1. The van der Waals surface area contributed by atoms with E-state index in [0.717, 1.165) is 5.56 Å². The maximum atomic E-state index is 9.90. The summed E-state index contributed by atoms with van der Waals surface area (Å²) in [6.07, 6.45) is 0.824. The van der Waals surface area contributed by atoms with Gasteiger partial charge in [-0.25, -0.2) is 4.98 Å². The highest BCUT2D eigenvalue weighted by Gasteiger charge is 2.15. The van der Waals surface area contributed by atoms with Gasteiger partial charge in [-0.1, -0.05) is 0 Å². The van der Waals surface area contributed by atoms with Gasteiger partial charge in [0.15, 0.2) is 5.89 Å². The van der Waals surface area contributed by atoms with Gasteiger partial charge in [0.1, 0.15) is 18.1 Å². The molecule has 0 amide bonds. The van der Waals surface area contributed by atoms with E-state index >= 15 is 0 Å². The lowest BCUT2D eigenvalue weighted by atomic mass is 10.1. The zero-order valence-electron chi connectivity index (χ0n) is 8.02. The van der Waals surface area contributed by atoms with E-state index in [0.29, 0.717) is 11.6 Å². The number of aryl methyl sites for hydroxylation is 2. The van der Waals surface area contributed by atoms with Gasteiger partial charge >= 0.3 is 0 Å². The maximum absolute atomic E-state index is 9.90. The fourth-order valence-electron chi connectivity index (χ4n) is 1.28. The highest BCUT2D eigenvalue weighted by Crippen LogP contribution is 2.25. The molecule has 0 aliphatic carbocycles. The van der Waals surface area contributed by atoms with Crippen LogP contribution in [0.4, 0.5) is 0 Å². The van der Waals surface area contributed by atoms with Crippen LogP contribution in [0.5, 0.6) is 0 Å². The van der Waals surface area contributed by atoms with Crippen LogP contribution in [0.2, 0.25) is 0 Å². The minimum Gasteiger partial charge on any atom is -0.449 e. The number of thiophene rings is 1. The highest BCUT2D eigenvalue weighted by molar-refractivity contribution is 7.10. The number of hydrogen-bond acceptors (Lipinski definition) is 4. The van der Waals surface area contributed by atoms with Gasteiger partial charge in [-0.2, -0.15) is 0 Å². The molecular weight excluding hydrogens is 198 g/mol. The van der Waals surface area contributed by atoms with Gasteiger partial charge in [0.2, 0.25) is 0 Å². The normalized spacial score (nSPS) is 13.1. The number of aliphatic hydroxyl groups excluding tert-OH is 1. The summed E-state index contributed by atoms with van der Waals surface area (Å²) in [6, 6.07) is 1.96. The van der Waals surface area contributed by atoms with Crippen molar-refractivity contribution in [3.8, 4) is 0 Å². The number of hydrogen-bond donors (Lipinski definition) is 1. The summed E-state index contributed by atoms with van der Waals surface area (Å²) < 4.78 is 5.05. The minimum absolute atomic E-state index is 0.570. The molecule has 1 atom stereocenters. The second-order valence-electron chi connectivity index (χ2n) is 3.18. The van der Waals surface area contributed by atoms with Crippen LogP contribution in [0.3, 0.4) is 0 Å². The second kappa shape index (κ2) is 3.55. The Morgan fingerprint density at radius 2 is 2.29 bits per heavy atom. The molecule has 2 rings (SSSR count). The fraction of sp³-hybridized carbons (Fsp3) is 0.300. The Labute approximate surface area is 86.0 Å². The monoisotopic (exact) mass is 209 g/mol. The van der Waals surface area contributed by atoms with E-state index in [1.54, 1.807) is 18.3 Å². The van der Waals surface area contributed by atoms with E-state index < -0.39 is 6.10 Å². The van der Waals surface area contributed by atoms with Gasteiger partial charge in [-0.05, 0) is 23.9 Å². The van der Waals surface area contributed by atoms with E-state index in [4.69, 9.17) is 4.42 Å². The first-order valence-electron chi connectivity index (χ1n) is 4.32. The van der Waals surface area contributed by atoms with Crippen molar-refractivity contribution in [3.05, 3.63) is 39.7 Å². The summed E-state index contributed by atoms with van der Waals surface area (Å²) >= 11 is 1.62. The Morgan fingerprint density at radius 3 is 2.79 bits per heavy atom. The largest absolute Gasteiger partial charge is 0.449 e. The number of oxazole rings is 1. The third-order valence-electron chi connectivity index (χ3n) is 1.98. The van der Waals surface area contributed by atoms with Crippen LogP contribution in [0, 0.1) is 13.8 Å². The standard InChI is InChI=1S/C10H11NO2S/c1-6-3-8(5-14-6)10(12)9-4-13-7(2)11-9/h3-5,10,12H,1-2H3. The van der Waals surface area contributed by atoms with Crippen molar-refractivity contribution in [2.24, 2.45) is 0 Å². The lowest BCUT2D eigenvalue weighted by Gasteiger charge is -2.02. The molecule has 2 aromatic rings. The summed E-state index contributed by atoms with van der Waals surface area (Å²) in [5, 5.41) is 11.8. The van der Waals surface area contributed by atoms with Gasteiger partial charge in [0.05, 0.1) is 0 Å². The highest BCUT2D eigenvalue weighted by atomic mass is 32.1. The molecule has 1 N–H and O–H groups in total. The Bertz CT molecular complexity index is 393. The van der Waals surface area contributed by atoms with Crippen LogP contribution in [0.1, 0.15) is 28.1 Å². The van der Waals surface area contributed by atoms with E-state index in [1.165, 1.54) is 11.1 Å². The lowest BCUT2D eigenvalue weighted by Crippen LogP contribution is -1.98. The average Bonchev–Trinajstić information content (AvgIpc) is 2.73. The number of rotatable bonds is 2. The Kier molecular flexibility index (Phi) is 2.39. The van der Waals surface area contributed by atoms with Crippen LogP contribution in [-0.2, 0) is 0 Å². The first-order chi connectivity index (χ1) is 6.66. The molecule has 0 bridgehead atoms. The smallest absolute Gasteiger partial charge is 0.191 e. The van der Waals surface area contributed by atoms with Crippen molar-refractivity contribution in [1.82, 2.24) is 4.98 Å². The van der Waals surface area contributed by atoms with E-state index in [-0.39, 0.29) is 0 Å².